The summed E-state index contributed by atoms with van der Waals surface area (Å²) in [6.45, 7) is 6.34. The van der Waals surface area contributed by atoms with Gasteiger partial charge >= 0.3 is 0 Å². The van der Waals surface area contributed by atoms with E-state index in [1.807, 2.05) is 29.3 Å². The Morgan fingerprint density at radius 2 is 2.12 bits per heavy atom. The van der Waals surface area contributed by atoms with Crippen molar-refractivity contribution >= 4 is 33.4 Å². The lowest BCUT2D eigenvalue weighted by Crippen LogP contribution is -2.55. The van der Waals surface area contributed by atoms with Crippen LogP contribution in [-0.4, -0.2) is 51.9 Å². The van der Waals surface area contributed by atoms with Gasteiger partial charge in [-0.1, -0.05) is 0 Å². The Hall–Kier alpha value is -2.54. The molecular weight excluding hydrogens is 350 g/mol. The van der Waals surface area contributed by atoms with Gasteiger partial charge in [-0.05, 0) is 43.5 Å². The average molecular weight is 371 g/mol. The number of piperazine rings is 1. The lowest BCUT2D eigenvalue weighted by Gasteiger charge is -2.39. The fraction of sp³-hybridized carbons (Fsp3) is 0.368. The van der Waals surface area contributed by atoms with Crippen molar-refractivity contribution in [2.75, 3.05) is 19.6 Å². The van der Waals surface area contributed by atoms with E-state index in [2.05, 4.69) is 11.5 Å². The van der Waals surface area contributed by atoms with Crippen LogP contribution < -0.4 is 0 Å². The molecule has 136 valence electrons. The summed E-state index contributed by atoms with van der Waals surface area (Å²) in [5.41, 5.74) is 0.729. The number of carbonyl (C=O) groups is 2. The van der Waals surface area contributed by atoms with Gasteiger partial charge in [0.15, 0.2) is 5.76 Å². The van der Waals surface area contributed by atoms with Crippen LogP contribution in [0.15, 0.2) is 40.3 Å². The van der Waals surface area contributed by atoms with E-state index in [0.29, 0.717) is 25.4 Å². The van der Waals surface area contributed by atoms with Crippen molar-refractivity contribution in [2.45, 2.75) is 26.4 Å². The quantitative estimate of drug-likeness (QED) is 0.710. The molecule has 4 rings (SSSR count). The largest absolute Gasteiger partial charge is 0.459 e. The van der Waals surface area contributed by atoms with E-state index in [1.54, 1.807) is 28.4 Å². The zero-order chi connectivity index (χ0) is 18.3. The number of carbonyl (C=O) groups excluding carboxylic acids is 2. The summed E-state index contributed by atoms with van der Waals surface area (Å²) in [5.74, 6) is 0.260. The van der Waals surface area contributed by atoms with Crippen molar-refractivity contribution in [3.8, 4) is 0 Å². The second-order valence-corrected chi connectivity index (χ2v) is 7.43. The number of hydrogen-bond acceptors (Lipinski definition) is 4. The van der Waals surface area contributed by atoms with Crippen molar-refractivity contribution in [1.82, 2.24) is 14.4 Å². The van der Waals surface area contributed by atoms with Crippen LogP contribution in [0.3, 0.4) is 0 Å². The SMILES string of the molecule is CCn1c(C(=O)N2CCN(C(=O)c3ccco3)[C@@H](C)C2)cc2ccsc21. The van der Waals surface area contributed by atoms with Crippen LogP contribution in [-0.2, 0) is 6.54 Å². The normalized spacial score (nSPS) is 17.8. The molecule has 0 N–H and O–H groups in total. The Balaban J connectivity index is 1.52. The Bertz CT molecular complexity index is 941. The van der Waals surface area contributed by atoms with E-state index in [4.69, 9.17) is 4.42 Å². The Morgan fingerprint density at radius 3 is 2.81 bits per heavy atom. The van der Waals surface area contributed by atoms with Crippen LogP contribution in [0.2, 0.25) is 0 Å². The number of amides is 2. The van der Waals surface area contributed by atoms with E-state index in [1.165, 1.54) is 6.26 Å². The molecule has 7 heteroatoms. The summed E-state index contributed by atoms with van der Waals surface area (Å²) in [4.78, 5) is 30.4. The summed E-state index contributed by atoms with van der Waals surface area (Å²) in [5, 5.41) is 3.16. The maximum atomic E-state index is 13.1. The molecule has 4 heterocycles. The van der Waals surface area contributed by atoms with E-state index in [9.17, 15) is 9.59 Å². The molecule has 6 nitrogen and oxygen atoms in total. The molecule has 26 heavy (non-hydrogen) atoms. The first-order valence-corrected chi connectivity index (χ1v) is 9.68. The minimum atomic E-state index is -0.118. The molecule has 3 aromatic rings. The molecule has 0 unspecified atom stereocenters. The molecule has 0 radical (unpaired) electrons. The Morgan fingerprint density at radius 1 is 1.27 bits per heavy atom. The molecule has 1 aliphatic heterocycles. The second-order valence-electron chi connectivity index (χ2n) is 6.53. The van der Waals surface area contributed by atoms with E-state index in [0.717, 1.165) is 22.5 Å². The van der Waals surface area contributed by atoms with Crippen molar-refractivity contribution in [2.24, 2.45) is 0 Å². The molecule has 1 saturated heterocycles. The number of furan rings is 1. The number of thiophene rings is 1. The van der Waals surface area contributed by atoms with Gasteiger partial charge < -0.3 is 18.8 Å². The van der Waals surface area contributed by atoms with Crippen molar-refractivity contribution in [3.63, 3.8) is 0 Å². The van der Waals surface area contributed by atoms with Crippen molar-refractivity contribution < 1.29 is 14.0 Å². The van der Waals surface area contributed by atoms with Crippen molar-refractivity contribution in [1.29, 1.82) is 0 Å². The van der Waals surface area contributed by atoms with E-state index < -0.39 is 0 Å². The average Bonchev–Trinajstić information content (AvgIpc) is 3.36. The van der Waals surface area contributed by atoms with E-state index >= 15 is 0 Å². The number of aryl methyl sites for hydroxylation is 1. The first-order chi connectivity index (χ1) is 12.6. The van der Waals surface area contributed by atoms with Gasteiger partial charge in [0.2, 0.25) is 0 Å². The third-order valence-corrected chi connectivity index (χ3v) is 5.90. The standard InChI is InChI=1S/C19H21N3O3S/c1-3-21-15(11-14-6-10-26-19(14)21)17(23)20-7-8-22(13(2)12-20)18(24)16-5-4-9-25-16/h4-6,9-11,13H,3,7-8,12H2,1-2H3/t13-/m0/s1. The monoisotopic (exact) mass is 371 g/mol. The molecule has 0 aliphatic carbocycles. The van der Waals surface area contributed by atoms with Crippen LogP contribution in [0.4, 0.5) is 0 Å². The predicted octanol–water partition coefficient (Wildman–Crippen LogP) is 3.30. The van der Waals surface area contributed by atoms with E-state index in [-0.39, 0.29) is 17.9 Å². The fourth-order valence-electron chi connectivity index (χ4n) is 3.61. The summed E-state index contributed by atoms with van der Waals surface area (Å²) in [6.07, 6.45) is 1.50. The molecule has 0 saturated carbocycles. The van der Waals surface area contributed by atoms with Crippen molar-refractivity contribution in [3.05, 3.63) is 47.4 Å². The maximum Gasteiger partial charge on any atom is 0.289 e. The fourth-order valence-corrected chi connectivity index (χ4v) is 4.58. The Kier molecular flexibility index (Phi) is 4.32. The lowest BCUT2D eigenvalue weighted by molar-refractivity contribution is 0.0391. The van der Waals surface area contributed by atoms with Gasteiger partial charge in [0, 0.05) is 37.6 Å². The summed E-state index contributed by atoms with van der Waals surface area (Å²) >= 11 is 1.66. The Labute approximate surface area is 155 Å². The van der Waals surface area contributed by atoms with Gasteiger partial charge in [-0.3, -0.25) is 9.59 Å². The third-order valence-electron chi connectivity index (χ3n) is 4.95. The molecule has 1 fully saturated rings. The zero-order valence-corrected chi connectivity index (χ0v) is 15.7. The van der Waals surface area contributed by atoms with Crippen LogP contribution in [0.5, 0.6) is 0 Å². The molecule has 3 aromatic heterocycles. The predicted molar refractivity (Wildman–Crippen MR) is 101 cm³/mol. The van der Waals surface area contributed by atoms with Crippen LogP contribution in [0.1, 0.15) is 34.9 Å². The molecule has 1 atom stereocenters. The van der Waals surface area contributed by atoms with Crippen LogP contribution in [0.25, 0.3) is 10.2 Å². The topological polar surface area (TPSA) is 58.7 Å². The number of fused-ring (bicyclic) bond motifs is 1. The highest BCUT2D eigenvalue weighted by atomic mass is 32.1. The second kappa shape index (κ2) is 6.64. The smallest absolute Gasteiger partial charge is 0.289 e. The molecule has 0 aromatic carbocycles. The van der Waals surface area contributed by atoms with Gasteiger partial charge in [0.1, 0.15) is 10.5 Å². The molecule has 0 bridgehead atoms. The highest BCUT2D eigenvalue weighted by Crippen LogP contribution is 2.27. The van der Waals surface area contributed by atoms with Gasteiger partial charge in [0.25, 0.3) is 11.8 Å². The first kappa shape index (κ1) is 16.9. The highest BCUT2D eigenvalue weighted by Gasteiger charge is 2.32. The van der Waals surface area contributed by atoms with Crippen LogP contribution >= 0.6 is 11.3 Å². The summed E-state index contributed by atoms with van der Waals surface area (Å²) in [7, 11) is 0. The van der Waals surface area contributed by atoms with Gasteiger partial charge in [0.05, 0.1) is 6.26 Å². The minimum absolute atomic E-state index is 0.0344. The molecular formula is C19H21N3O3S. The lowest BCUT2D eigenvalue weighted by atomic mass is 10.1. The van der Waals surface area contributed by atoms with Gasteiger partial charge in [-0.25, -0.2) is 0 Å². The number of aromatic nitrogens is 1. The molecule has 2 amide bonds. The zero-order valence-electron chi connectivity index (χ0n) is 14.8. The first-order valence-electron chi connectivity index (χ1n) is 8.80. The summed E-state index contributed by atoms with van der Waals surface area (Å²) in [6, 6.07) is 7.35. The highest BCUT2D eigenvalue weighted by molar-refractivity contribution is 7.16. The third kappa shape index (κ3) is 2.72. The molecule has 1 aliphatic rings. The number of rotatable bonds is 3. The number of hydrogen-bond donors (Lipinski definition) is 0. The summed E-state index contributed by atoms with van der Waals surface area (Å²) < 4.78 is 7.30. The van der Waals surface area contributed by atoms with Crippen LogP contribution in [0, 0.1) is 0 Å². The molecule has 0 spiro atoms. The maximum absolute atomic E-state index is 13.1. The van der Waals surface area contributed by atoms with Gasteiger partial charge in [-0.15, -0.1) is 11.3 Å². The van der Waals surface area contributed by atoms with Gasteiger partial charge in [-0.2, -0.15) is 0 Å². The minimum Gasteiger partial charge on any atom is -0.459 e. The number of nitrogens with zero attached hydrogens (tertiary/aromatic N) is 3.